The summed E-state index contributed by atoms with van der Waals surface area (Å²) >= 11 is 0. The van der Waals surface area contributed by atoms with Crippen LogP contribution in [0.5, 0.6) is 11.5 Å². The highest BCUT2D eigenvalue weighted by Gasteiger charge is 2.37. The zero-order valence-electron chi connectivity index (χ0n) is 22.5. The molecule has 11 heteroatoms. The summed E-state index contributed by atoms with van der Waals surface area (Å²) in [6.45, 7) is 2.07. The Labute approximate surface area is 230 Å². The van der Waals surface area contributed by atoms with Gasteiger partial charge in [-0.25, -0.2) is 13.2 Å². The van der Waals surface area contributed by atoms with Gasteiger partial charge in [0.2, 0.25) is 10.0 Å². The third kappa shape index (κ3) is 7.63. The van der Waals surface area contributed by atoms with Crippen molar-refractivity contribution in [2.24, 2.45) is 0 Å². The van der Waals surface area contributed by atoms with E-state index in [4.69, 9.17) is 18.9 Å². The highest BCUT2D eigenvalue weighted by molar-refractivity contribution is 7.89. The lowest BCUT2D eigenvalue weighted by Gasteiger charge is -2.33. The van der Waals surface area contributed by atoms with Crippen molar-refractivity contribution in [2.75, 3.05) is 20.3 Å². The first-order chi connectivity index (χ1) is 18.8. The smallest absolute Gasteiger partial charge is 0.408 e. The molecule has 39 heavy (non-hydrogen) atoms. The number of amides is 1. The Bertz CT molecular complexity index is 1180. The molecule has 0 aromatic heterocycles. The van der Waals surface area contributed by atoms with Gasteiger partial charge in [-0.15, -0.1) is 0 Å². The number of hydrogen-bond acceptors (Lipinski definition) is 8. The van der Waals surface area contributed by atoms with Gasteiger partial charge < -0.3 is 29.4 Å². The molecule has 2 aromatic carbocycles. The Morgan fingerprint density at radius 2 is 1.82 bits per heavy atom. The van der Waals surface area contributed by atoms with Gasteiger partial charge in [0.15, 0.2) is 11.5 Å². The number of carbonyl (C=O) groups is 1. The summed E-state index contributed by atoms with van der Waals surface area (Å²) in [5.74, 6) is 0.772. The molecule has 3 atom stereocenters. The number of methoxy groups -OCH3 is 1. The van der Waals surface area contributed by atoms with Gasteiger partial charge >= 0.3 is 6.09 Å². The Balaban J connectivity index is 1.66. The number of nitrogens with one attached hydrogen (secondary N) is 1. The number of sulfonamides is 1. The Morgan fingerprint density at radius 1 is 1.08 bits per heavy atom. The van der Waals surface area contributed by atoms with Crippen molar-refractivity contribution in [1.29, 1.82) is 0 Å². The molecule has 2 N–H and O–H groups in total. The van der Waals surface area contributed by atoms with E-state index >= 15 is 0 Å². The molecule has 1 saturated carbocycles. The van der Waals surface area contributed by atoms with Crippen molar-refractivity contribution in [2.45, 2.75) is 81.4 Å². The van der Waals surface area contributed by atoms with Gasteiger partial charge in [0.25, 0.3) is 0 Å². The van der Waals surface area contributed by atoms with E-state index in [2.05, 4.69) is 5.32 Å². The van der Waals surface area contributed by atoms with Crippen LogP contribution in [0.3, 0.4) is 0 Å². The van der Waals surface area contributed by atoms with Crippen molar-refractivity contribution in [3.63, 3.8) is 0 Å². The summed E-state index contributed by atoms with van der Waals surface area (Å²) in [4.78, 5) is 12.7. The summed E-state index contributed by atoms with van der Waals surface area (Å²) in [6, 6.07) is 13.4. The van der Waals surface area contributed by atoms with Gasteiger partial charge in [-0.1, -0.05) is 36.8 Å². The van der Waals surface area contributed by atoms with Crippen LogP contribution in [0.25, 0.3) is 0 Å². The molecule has 0 radical (unpaired) electrons. The lowest BCUT2D eigenvalue weighted by Crippen LogP contribution is -2.56. The minimum atomic E-state index is -4.26. The van der Waals surface area contributed by atoms with E-state index in [1.807, 2.05) is 6.07 Å². The maximum absolute atomic E-state index is 14.2. The highest BCUT2D eigenvalue weighted by atomic mass is 32.2. The Kier molecular flexibility index (Phi) is 10.1. The van der Waals surface area contributed by atoms with E-state index in [0.717, 1.165) is 36.4 Å². The number of rotatable bonds is 11. The fourth-order valence-corrected chi connectivity index (χ4v) is 6.46. The van der Waals surface area contributed by atoms with E-state index in [1.165, 1.54) is 26.2 Å². The van der Waals surface area contributed by atoms with Crippen LogP contribution in [-0.4, -0.2) is 68.7 Å². The fraction of sp³-hybridized carbons (Fsp3) is 0.536. The van der Waals surface area contributed by atoms with Crippen LogP contribution in [0.15, 0.2) is 53.4 Å². The lowest BCUT2D eigenvalue weighted by molar-refractivity contribution is 0.0507. The molecule has 214 valence electrons. The zero-order valence-corrected chi connectivity index (χ0v) is 23.3. The van der Waals surface area contributed by atoms with Crippen LogP contribution in [0.4, 0.5) is 4.79 Å². The molecule has 1 amide bonds. The molecule has 4 rings (SSSR count). The van der Waals surface area contributed by atoms with Gasteiger partial charge in [-0.05, 0) is 50.3 Å². The summed E-state index contributed by atoms with van der Waals surface area (Å²) in [5.41, 5.74) is 0.679. The van der Waals surface area contributed by atoms with Crippen molar-refractivity contribution in [3.8, 4) is 11.5 Å². The predicted octanol–water partition coefficient (Wildman–Crippen LogP) is 3.82. The molecule has 10 nitrogen and oxygen atoms in total. The molecule has 1 saturated heterocycles. The quantitative estimate of drug-likeness (QED) is 0.396. The van der Waals surface area contributed by atoms with Crippen LogP contribution in [-0.2, 0) is 26.0 Å². The SMILES string of the molecule is COc1ccc(S(=O)(=O)N(Cc2ccccc2)[C@H](NC(=O)O[C@H]2CCOC2)[C@@H](C)O)cc1OC1CCCCC1. The molecular formula is C28H38N2O8S. The monoisotopic (exact) mass is 562 g/mol. The first kappa shape index (κ1) is 29.1. The minimum absolute atomic E-state index is 0.0211. The van der Waals surface area contributed by atoms with Crippen LogP contribution < -0.4 is 14.8 Å². The second kappa shape index (κ2) is 13.5. The standard InChI is InChI=1S/C28H38N2O8S/c1-20(31)27(29-28(32)38-23-15-16-36-19-23)30(18-21-9-5-3-6-10-21)39(33,34)24-13-14-25(35-2)26(17-24)37-22-11-7-4-8-12-22/h3,5-6,9-10,13-14,17,20,22-23,27,31H,4,7-8,11-12,15-16,18-19H2,1-2H3,(H,29,32)/t20-,23+,27+/m1/s1. The van der Waals surface area contributed by atoms with Crippen molar-refractivity contribution in [1.82, 2.24) is 9.62 Å². The third-order valence-electron chi connectivity index (χ3n) is 6.96. The maximum atomic E-state index is 14.2. The molecule has 1 heterocycles. The normalized spacial score (nSPS) is 19.8. The highest BCUT2D eigenvalue weighted by Crippen LogP contribution is 2.35. The number of hydrogen-bond donors (Lipinski definition) is 2. The molecule has 2 aliphatic rings. The maximum Gasteiger partial charge on any atom is 0.408 e. The van der Waals surface area contributed by atoms with Crippen LogP contribution >= 0.6 is 0 Å². The van der Waals surface area contributed by atoms with Crippen LogP contribution in [0.2, 0.25) is 0 Å². The number of ether oxygens (including phenoxy) is 4. The first-order valence-corrected chi connectivity index (χ1v) is 14.9. The third-order valence-corrected chi connectivity index (χ3v) is 8.79. The summed E-state index contributed by atoms with van der Waals surface area (Å²) in [5, 5.41) is 13.3. The van der Waals surface area contributed by atoms with Crippen LogP contribution in [0.1, 0.15) is 51.0 Å². The van der Waals surface area contributed by atoms with Gasteiger partial charge in [0.1, 0.15) is 12.3 Å². The zero-order chi connectivity index (χ0) is 27.8. The number of alkyl carbamates (subject to hydrolysis) is 1. The van der Waals surface area contributed by atoms with Crippen molar-refractivity contribution < 1.29 is 37.3 Å². The largest absolute Gasteiger partial charge is 0.493 e. The minimum Gasteiger partial charge on any atom is -0.493 e. The number of carbonyl (C=O) groups excluding carboxylic acids is 1. The molecule has 2 aromatic rings. The average Bonchev–Trinajstić information content (AvgIpc) is 3.44. The second-order valence-corrected chi connectivity index (χ2v) is 11.8. The number of benzene rings is 2. The summed E-state index contributed by atoms with van der Waals surface area (Å²) in [7, 11) is -2.75. The molecule has 2 fully saturated rings. The molecule has 0 spiro atoms. The molecule has 1 aliphatic carbocycles. The topological polar surface area (TPSA) is 124 Å². The van der Waals surface area contributed by atoms with Gasteiger partial charge in [-0.2, -0.15) is 4.31 Å². The van der Waals surface area contributed by atoms with Gasteiger partial charge in [0.05, 0.1) is 37.4 Å². The van der Waals surface area contributed by atoms with E-state index in [0.29, 0.717) is 30.1 Å². The van der Waals surface area contributed by atoms with E-state index in [9.17, 15) is 18.3 Å². The van der Waals surface area contributed by atoms with Crippen LogP contribution in [0, 0.1) is 0 Å². The van der Waals surface area contributed by atoms with Gasteiger partial charge in [-0.3, -0.25) is 0 Å². The lowest BCUT2D eigenvalue weighted by atomic mass is 9.98. The second-order valence-electron chi connectivity index (χ2n) is 9.95. The number of nitrogens with zero attached hydrogens (tertiary/aromatic N) is 1. The fourth-order valence-electron chi connectivity index (χ4n) is 4.85. The average molecular weight is 563 g/mol. The first-order valence-electron chi connectivity index (χ1n) is 13.4. The molecular weight excluding hydrogens is 524 g/mol. The van der Waals surface area contributed by atoms with E-state index in [-0.39, 0.29) is 24.2 Å². The Morgan fingerprint density at radius 3 is 2.46 bits per heavy atom. The predicted molar refractivity (Wildman–Crippen MR) is 144 cm³/mol. The summed E-state index contributed by atoms with van der Waals surface area (Å²) in [6.07, 6.45) is 1.75. The van der Waals surface area contributed by atoms with Gasteiger partial charge in [0, 0.05) is 19.0 Å². The number of aliphatic hydroxyl groups excluding tert-OH is 1. The molecule has 1 aliphatic heterocycles. The number of aliphatic hydroxyl groups is 1. The Hall–Kier alpha value is -2.86. The van der Waals surface area contributed by atoms with E-state index in [1.54, 1.807) is 30.3 Å². The summed E-state index contributed by atoms with van der Waals surface area (Å²) < 4.78 is 51.7. The molecule has 0 bridgehead atoms. The molecule has 0 unspecified atom stereocenters. The van der Waals surface area contributed by atoms with Crippen molar-refractivity contribution >= 4 is 16.1 Å². The van der Waals surface area contributed by atoms with Crippen molar-refractivity contribution in [3.05, 3.63) is 54.1 Å². The van der Waals surface area contributed by atoms with E-state index < -0.39 is 34.5 Å².